The Hall–Kier alpha value is -1.62. The third-order valence-electron chi connectivity index (χ3n) is 2.29. The minimum absolute atomic E-state index is 0.713. The van der Waals surface area contributed by atoms with E-state index in [0.717, 1.165) is 37.2 Å². The molecule has 0 bridgehead atoms. The Kier molecular flexibility index (Phi) is 5.95. The summed E-state index contributed by atoms with van der Waals surface area (Å²) in [5, 5.41) is 0. The molecule has 0 aliphatic rings. The second-order valence-corrected chi connectivity index (χ2v) is 3.51. The van der Waals surface area contributed by atoms with E-state index in [0.29, 0.717) is 6.61 Å². The van der Waals surface area contributed by atoms with Crippen LogP contribution in [-0.2, 0) is 0 Å². The maximum atomic E-state index is 5.63. The Morgan fingerprint density at radius 1 is 1.12 bits per heavy atom. The molecule has 0 amide bonds. The summed E-state index contributed by atoms with van der Waals surface area (Å²) in [6, 6.07) is 7.68. The fraction of sp³-hybridized carbons (Fsp3) is 0.429. The monoisotopic (exact) mass is 218 g/mol. The van der Waals surface area contributed by atoms with Gasteiger partial charge in [0.1, 0.15) is 0 Å². The van der Waals surface area contributed by atoms with Crippen LogP contribution < -0.4 is 9.47 Å². The van der Waals surface area contributed by atoms with Gasteiger partial charge in [-0.2, -0.15) is 0 Å². The summed E-state index contributed by atoms with van der Waals surface area (Å²) in [7, 11) is 1.65. The van der Waals surface area contributed by atoms with Gasteiger partial charge in [0.2, 0.25) is 0 Å². The summed E-state index contributed by atoms with van der Waals surface area (Å²) in [5.74, 6) is 4.22. The molecule has 86 valence electrons. The quantitative estimate of drug-likeness (QED) is 0.516. The highest BCUT2D eigenvalue weighted by molar-refractivity contribution is 5.39. The zero-order chi connectivity index (χ0) is 11.6. The van der Waals surface area contributed by atoms with Crippen LogP contribution in [0.1, 0.15) is 25.7 Å². The first-order chi connectivity index (χ1) is 7.88. The van der Waals surface area contributed by atoms with Gasteiger partial charge in [-0.1, -0.05) is 12.1 Å². The van der Waals surface area contributed by atoms with Crippen LogP contribution in [-0.4, -0.2) is 13.7 Å². The van der Waals surface area contributed by atoms with Crippen molar-refractivity contribution in [3.05, 3.63) is 24.3 Å². The van der Waals surface area contributed by atoms with Gasteiger partial charge in [-0.3, -0.25) is 0 Å². The molecule has 0 fully saturated rings. The predicted octanol–water partition coefficient (Wildman–Crippen LogP) is 3.27. The molecule has 0 saturated heterocycles. The van der Waals surface area contributed by atoms with Crippen LogP contribution in [0.3, 0.4) is 0 Å². The van der Waals surface area contributed by atoms with Gasteiger partial charge in [-0.15, -0.1) is 12.3 Å². The molecule has 0 spiro atoms. The molecule has 0 aromatic heterocycles. The first kappa shape index (κ1) is 12.4. The average Bonchev–Trinajstić information content (AvgIpc) is 2.34. The van der Waals surface area contributed by atoms with Crippen LogP contribution >= 0.6 is 0 Å². The lowest BCUT2D eigenvalue weighted by Crippen LogP contribution is -1.99. The van der Waals surface area contributed by atoms with Crippen LogP contribution in [0, 0.1) is 12.3 Å². The molecule has 0 aliphatic carbocycles. The van der Waals surface area contributed by atoms with E-state index >= 15 is 0 Å². The smallest absolute Gasteiger partial charge is 0.161 e. The van der Waals surface area contributed by atoms with Crippen molar-refractivity contribution >= 4 is 0 Å². The molecule has 0 atom stereocenters. The standard InChI is InChI=1S/C14H18O2/c1-3-4-5-6-9-12-16-14-11-8-7-10-13(14)15-2/h1,7-8,10-11H,4-6,9,12H2,2H3. The predicted molar refractivity (Wildman–Crippen MR) is 65.8 cm³/mol. The number of terminal acetylenes is 1. The minimum atomic E-state index is 0.713. The van der Waals surface area contributed by atoms with Gasteiger partial charge in [0, 0.05) is 6.42 Å². The number of ether oxygens (including phenoxy) is 2. The zero-order valence-electron chi connectivity index (χ0n) is 9.74. The SMILES string of the molecule is C#CCCCCCOc1ccccc1OC. The van der Waals surface area contributed by atoms with E-state index in [9.17, 15) is 0 Å². The van der Waals surface area contributed by atoms with E-state index in [2.05, 4.69) is 5.92 Å². The molecular formula is C14H18O2. The summed E-state index contributed by atoms with van der Waals surface area (Å²) in [6.07, 6.45) is 9.24. The molecule has 1 aromatic rings. The van der Waals surface area contributed by atoms with E-state index in [1.165, 1.54) is 0 Å². The lowest BCUT2D eigenvalue weighted by atomic mass is 10.2. The van der Waals surface area contributed by atoms with E-state index < -0.39 is 0 Å². The molecule has 1 aromatic carbocycles. The molecule has 0 heterocycles. The second kappa shape index (κ2) is 7.64. The lowest BCUT2D eigenvalue weighted by molar-refractivity contribution is 0.285. The van der Waals surface area contributed by atoms with Crippen molar-refractivity contribution in [3.8, 4) is 23.8 Å². The summed E-state index contributed by atoms with van der Waals surface area (Å²) >= 11 is 0. The van der Waals surface area contributed by atoms with Crippen molar-refractivity contribution in [1.29, 1.82) is 0 Å². The molecule has 16 heavy (non-hydrogen) atoms. The molecule has 0 N–H and O–H groups in total. The van der Waals surface area contributed by atoms with E-state index in [-0.39, 0.29) is 0 Å². The largest absolute Gasteiger partial charge is 0.493 e. The van der Waals surface area contributed by atoms with Crippen LogP contribution in [0.15, 0.2) is 24.3 Å². The average molecular weight is 218 g/mol. The van der Waals surface area contributed by atoms with E-state index in [1.807, 2.05) is 24.3 Å². The highest BCUT2D eigenvalue weighted by Gasteiger charge is 2.01. The minimum Gasteiger partial charge on any atom is -0.493 e. The van der Waals surface area contributed by atoms with Crippen LogP contribution in [0.4, 0.5) is 0 Å². The van der Waals surface area contributed by atoms with Gasteiger partial charge in [0.15, 0.2) is 11.5 Å². The number of para-hydroxylation sites is 2. The van der Waals surface area contributed by atoms with Gasteiger partial charge < -0.3 is 9.47 Å². The van der Waals surface area contributed by atoms with Crippen molar-refractivity contribution in [2.75, 3.05) is 13.7 Å². The normalized spacial score (nSPS) is 9.50. The van der Waals surface area contributed by atoms with Gasteiger partial charge in [0.05, 0.1) is 13.7 Å². The van der Waals surface area contributed by atoms with E-state index in [1.54, 1.807) is 7.11 Å². The van der Waals surface area contributed by atoms with Gasteiger partial charge >= 0.3 is 0 Å². The second-order valence-electron chi connectivity index (χ2n) is 3.51. The first-order valence-corrected chi connectivity index (χ1v) is 5.57. The number of unbranched alkanes of at least 4 members (excludes halogenated alkanes) is 3. The number of hydrogen-bond acceptors (Lipinski definition) is 2. The summed E-state index contributed by atoms with van der Waals surface area (Å²) < 4.78 is 10.8. The Balaban J connectivity index is 2.24. The summed E-state index contributed by atoms with van der Waals surface area (Å²) in [6.45, 7) is 0.713. The lowest BCUT2D eigenvalue weighted by Gasteiger charge is -2.09. The summed E-state index contributed by atoms with van der Waals surface area (Å²) in [5.41, 5.74) is 0. The number of hydrogen-bond donors (Lipinski definition) is 0. The van der Waals surface area contributed by atoms with Crippen LogP contribution in [0.25, 0.3) is 0 Å². The number of rotatable bonds is 7. The van der Waals surface area contributed by atoms with Crippen molar-refractivity contribution in [2.24, 2.45) is 0 Å². The van der Waals surface area contributed by atoms with E-state index in [4.69, 9.17) is 15.9 Å². The molecular weight excluding hydrogens is 200 g/mol. The molecule has 0 aliphatic heterocycles. The Morgan fingerprint density at radius 2 is 1.88 bits per heavy atom. The summed E-state index contributed by atoms with van der Waals surface area (Å²) in [4.78, 5) is 0. The maximum absolute atomic E-state index is 5.63. The highest BCUT2D eigenvalue weighted by Crippen LogP contribution is 2.25. The topological polar surface area (TPSA) is 18.5 Å². The first-order valence-electron chi connectivity index (χ1n) is 5.57. The molecule has 0 radical (unpaired) electrons. The molecule has 0 saturated carbocycles. The van der Waals surface area contributed by atoms with Crippen molar-refractivity contribution in [2.45, 2.75) is 25.7 Å². The van der Waals surface area contributed by atoms with Crippen molar-refractivity contribution in [1.82, 2.24) is 0 Å². The maximum Gasteiger partial charge on any atom is 0.161 e. The third kappa shape index (κ3) is 4.27. The van der Waals surface area contributed by atoms with Gasteiger partial charge in [-0.05, 0) is 31.4 Å². The van der Waals surface area contributed by atoms with Crippen LogP contribution in [0.5, 0.6) is 11.5 Å². The fourth-order valence-corrected chi connectivity index (χ4v) is 1.43. The highest BCUT2D eigenvalue weighted by atomic mass is 16.5. The molecule has 2 nitrogen and oxygen atoms in total. The molecule has 1 rings (SSSR count). The van der Waals surface area contributed by atoms with Gasteiger partial charge in [0.25, 0.3) is 0 Å². The zero-order valence-corrected chi connectivity index (χ0v) is 9.74. The van der Waals surface area contributed by atoms with Gasteiger partial charge in [-0.25, -0.2) is 0 Å². The Bertz CT molecular complexity index is 339. The Morgan fingerprint density at radius 3 is 2.56 bits per heavy atom. The van der Waals surface area contributed by atoms with Crippen LogP contribution in [0.2, 0.25) is 0 Å². The molecule has 2 heteroatoms. The fourth-order valence-electron chi connectivity index (χ4n) is 1.43. The molecule has 0 unspecified atom stereocenters. The van der Waals surface area contributed by atoms with Crippen molar-refractivity contribution < 1.29 is 9.47 Å². The Labute approximate surface area is 97.6 Å². The number of methoxy groups -OCH3 is 1. The third-order valence-corrected chi connectivity index (χ3v) is 2.29. The number of benzene rings is 1. The van der Waals surface area contributed by atoms with Crippen molar-refractivity contribution in [3.63, 3.8) is 0 Å².